The number of hydrogen-bond acceptors (Lipinski definition) is 4. The quantitative estimate of drug-likeness (QED) is 0.776. The van der Waals surface area contributed by atoms with E-state index in [1.165, 1.54) is 13.3 Å². The maximum Gasteiger partial charge on any atom is 0.302 e. The molecule has 0 radical (unpaired) electrons. The average molecular weight is 348 g/mol. The highest BCUT2D eigenvalue weighted by molar-refractivity contribution is 5.87. The second kappa shape index (κ2) is 6.07. The van der Waals surface area contributed by atoms with Gasteiger partial charge in [0.25, 0.3) is 0 Å². The summed E-state index contributed by atoms with van der Waals surface area (Å²) in [5.41, 5.74) is -0.105. The van der Waals surface area contributed by atoms with Gasteiger partial charge < -0.3 is 9.84 Å². The molecule has 25 heavy (non-hydrogen) atoms. The summed E-state index contributed by atoms with van der Waals surface area (Å²) < 4.78 is 5.50. The molecule has 4 fully saturated rings. The number of Topliss-reactive ketones (excluding diaryl/α,β-unsaturated/α-hetero) is 1. The summed E-state index contributed by atoms with van der Waals surface area (Å²) >= 11 is 0. The second-order valence-electron chi connectivity index (χ2n) is 9.47. The van der Waals surface area contributed by atoms with Crippen molar-refractivity contribution < 1.29 is 19.4 Å². The molecule has 0 bridgehead atoms. The molecular weight excluding hydrogens is 316 g/mol. The summed E-state index contributed by atoms with van der Waals surface area (Å²) in [7, 11) is 0. The van der Waals surface area contributed by atoms with Gasteiger partial charge in [0.15, 0.2) is 0 Å². The second-order valence-corrected chi connectivity index (χ2v) is 9.47. The van der Waals surface area contributed by atoms with Gasteiger partial charge in [-0.3, -0.25) is 9.59 Å². The topological polar surface area (TPSA) is 63.6 Å². The molecule has 4 aliphatic rings. The van der Waals surface area contributed by atoms with Crippen LogP contribution < -0.4 is 0 Å². The highest BCUT2D eigenvalue weighted by Crippen LogP contribution is 2.65. The molecule has 1 N–H and O–H groups in total. The van der Waals surface area contributed by atoms with Crippen molar-refractivity contribution in [2.75, 3.05) is 6.61 Å². The van der Waals surface area contributed by atoms with Crippen LogP contribution in [0.25, 0.3) is 0 Å². The summed E-state index contributed by atoms with van der Waals surface area (Å²) in [6.07, 6.45) is 8.96. The minimum absolute atomic E-state index is 0.00741. The number of rotatable bonds is 2. The van der Waals surface area contributed by atoms with Crippen LogP contribution in [0.5, 0.6) is 0 Å². The fourth-order valence-electron chi connectivity index (χ4n) is 7.43. The van der Waals surface area contributed by atoms with Gasteiger partial charge >= 0.3 is 5.97 Å². The molecule has 4 nitrogen and oxygen atoms in total. The summed E-state index contributed by atoms with van der Waals surface area (Å²) in [5, 5.41) is 10.5. The number of aliphatic hydroxyl groups excluding tert-OH is 1. The molecule has 4 aliphatic carbocycles. The summed E-state index contributed by atoms with van der Waals surface area (Å²) in [6, 6.07) is 0. The zero-order valence-corrected chi connectivity index (χ0v) is 15.6. The lowest BCUT2D eigenvalue weighted by Crippen LogP contribution is -2.56. The Balaban J connectivity index is 1.58. The molecular formula is C21H32O4. The van der Waals surface area contributed by atoms with Crippen LogP contribution >= 0.6 is 0 Å². The third kappa shape index (κ3) is 2.50. The molecule has 0 saturated heterocycles. The van der Waals surface area contributed by atoms with E-state index in [-0.39, 0.29) is 29.5 Å². The van der Waals surface area contributed by atoms with Crippen LogP contribution in [0.4, 0.5) is 0 Å². The van der Waals surface area contributed by atoms with Crippen molar-refractivity contribution in [3.8, 4) is 0 Å². The maximum atomic E-state index is 12.5. The lowest BCUT2D eigenvalue weighted by molar-refractivity contribution is -0.169. The normalized spacial score (nSPS) is 49.1. The molecule has 0 aromatic rings. The van der Waals surface area contributed by atoms with Crippen LogP contribution in [0, 0.1) is 34.5 Å². The molecule has 0 aliphatic heterocycles. The standard InChI is InChI=1S/C21H32O4/c1-13(23)25-15-7-10-21(12-22)14(11-15)3-4-16-17-5-6-19(24)20(17,2)9-8-18(16)21/h14-18,22H,3-12H2,1-2H3/t14-,15-,16+,17+,18+,20+,21-/m1/s1. The van der Waals surface area contributed by atoms with E-state index in [0.29, 0.717) is 29.5 Å². The van der Waals surface area contributed by atoms with Crippen molar-refractivity contribution in [3.05, 3.63) is 0 Å². The van der Waals surface area contributed by atoms with Crippen LogP contribution in [0.15, 0.2) is 0 Å². The van der Waals surface area contributed by atoms with E-state index in [0.717, 1.165) is 51.4 Å². The largest absolute Gasteiger partial charge is 0.463 e. The number of fused-ring (bicyclic) bond motifs is 5. The molecule has 140 valence electrons. The number of ether oxygens (including phenoxy) is 1. The van der Waals surface area contributed by atoms with Gasteiger partial charge in [0.05, 0.1) is 0 Å². The van der Waals surface area contributed by atoms with Crippen molar-refractivity contribution in [2.45, 2.75) is 77.7 Å². The molecule has 7 atom stereocenters. The minimum Gasteiger partial charge on any atom is -0.463 e. The van der Waals surface area contributed by atoms with Gasteiger partial charge in [-0.1, -0.05) is 6.92 Å². The molecule has 4 saturated carbocycles. The molecule has 0 spiro atoms. The molecule has 0 heterocycles. The SMILES string of the molecule is CC(=O)O[C@@H]1CC[C@@]2(CO)[C@H](CC[C@@H]3[C@@H]2CC[C@]2(C)C(=O)CC[C@@H]32)C1. The predicted octanol–water partition coefficient (Wildman–Crippen LogP) is 3.50. The van der Waals surface area contributed by atoms with E-state index in [1.54, 1.807) is 0 Å². The van der Waals surface area contributed by atoms with Crippen LogP contribution in [0.2, 0.25) is 0 Å². The van der Waals surface area contributed by atoms with Crippen molar-refractivity contribution in [1.82, 2.24) is 0 Å². The van der Waals surface area contributed by atoms with Crippen LogP contribution in [-0.4, -0.2) is 29.6 Å². The number of aliphatic hydroxyl groups is 1. The minimum atomic E-state index is -0.187. The first-order chi connectivity index (χ1) is 11.9. The van der Waals surface area contributed by atoms with Crippen molar-refractivity contribution >= 4 is 11.8 Å². The van der Waals surface area contributed by atoms with E-state index in [2.05, 4.69) is 6.92 Å². The Kier molecular flexibility index (Phi) is 4.25. The Hall–Kier alpha value is -0.900. The first-order valence-electron chi connectivity index (χ1n) is 10.2. The smallest absolute Gasteiger partial charge is 0.302 e. The lowest BCUT2D eigenvalue weighted by Gasteiger charge is -2.60. The van der Waals surface area contributed by atoms with Crippen LogP contribution in [0.3, 0.4) is 0 Å². The molecule has 0 aromatic carbocycles. The Labute approximate surface area is 150 Å². The summed E-state index contributed by atoms with van der Waals surface area (Å²) in [6.45, 7) is 3.95. The van der Waals surface area contributed by atoms with Gasteiger partial charge in [-0.2, -0.15) is 0 Å². The van der Waals surface area contributed by atoms with Gasteiger partial charge in [-0.15, -0.1) is 0 Å². The fourth-order valence-corrected chi connectivity index (χ4v) is 7.43. The highest BCUT2D eigenvalue weighted by Gasteiger charge is 2.61. The number of carbonyl (C=O) groups is 2. The fraction of sp³-hybridized carbons (Fsp3) is 0.905. The first kappa shape index (κ1) is 17.5. The number of ketones is 1. The predicted molar refractivity (Wildman–Crippen MR) is 93.7 cm³/mol. The zero-order valence-electron chi connectivity index (χ0n) is 15.6. The van der Waals surface area contributed by atoms with Gasteiger partial charge in [0.1, 0.15) is 11.9 Å². The van der Waals surface area contributed by atoms with E-state index in [9.17, 15) is 14.7 Å². The monoisotopic (exact) mass is 348 g/mol. The van der Waals surface area contributed by atoms with Gasteiger partial charge in [0, 0.05) is 25.4 Å². The lowest BCUT2D eigenvalue weighted by atomic mass is 9.45. The van der Waals surface area contributed by atoms with Crippen molar-refractivity contribution in [2.24, 2.45) is 34.5 Å². The summed E-state index contributed by atoms with van der Waals surface area (Å²) in [5.74, 6) is 2.41. The van der Waals surface area contributed by atoms with Gasteiger partial charge in [-0.25, -0.2) is 0 Å². The van der Waals surface area contributed by atoms with Crippen molar-refractivity contribution in [1.29, 1.82) is 0 Å². The van der Waals surface area contributed by atoms with Gasteiger partial charge in [-0.05, 0) is 80.5 Å². The van der Waals surface area contributed by atoms with E-state index in [4.69, 9.17) is 4.74 Å². The number of esters is 1. The number of hydrogen-bond donors (Lipinski definition) is 1. The van der Waals surface area contributed by atoms with Crippen LogP contribution in [0.1, 0.15) is 71.6 Å². The Morgan fingerprint density at radius 1 is 1.16 bits per heavy atom. The average Bonchev–Trinajstić information content (AvgIpc) is 2.89. The maximum absolute atomic E-state index is 12.5. The molecule has 0 aromatic heterocycles. The molecule has 4 heteroatoms. The van der Waals surface area contributed by atoms with E-state index < -0.39 is 0 Å². The van der Waals surface area contributed by atoms with Gasteiger partial charge in [0.2, 0.25) is 0 Å². The number of carbonyl (C=O) groups excluding carboxylic acids is 2. The Morgan fingerprint density at radius 3 is 2.68 bits per heavy atom. The molecule has 0 unspecified atom stereocenters. The zero-order chi connectivity index (χ0) is 17.8. The van der Waals surface area contributed by atoms with E-state index in [1.807, 2.05) is 0 Å². The third-order valence-corrected chi connectivity index (χ3v) is 8.65. The summed E-state index contributed by atoms with van der Waals surface area (Å²) in [4.78, 5) is 23.8. The van der Waals surface area contributed by atoms with Crippen molar-refractivity contribution in [3.63, 3.8) is 0 Å². The third-order valence-electron chi connectivity index (χ3n) is 8.65. The Bertz CT molecular complexity index is 572. The van der Waals surface area contributed by atoms with E-state index >= 15 is 0 Å². The Morgan fingerprint density at radius 2 is 1.96 bits per heavy atom. The molecule has 0 amide bonds. The van der Waals surface area contributed by atoms with Crippen LogP contribution in [-0.2, 0) is 14.3 Å². The highest BCUT2D eigenvalue weighted by atomic mass is 16.5. The first-order valence-corrected chi connectivity index (χ1v) is 10.2. The molecule has 4 rings (SSSR count).